The first-order valence-corrected chi connectivity index (χ1v) is 14.0. The molecule has 37 heavy (non-hydrogen) atoms. The molecular weight excluding hydrogens is 516 g/mol. The maximum Gasteiger partial charge on any atom is 0.410 e. The quantitative estimate of drug-likeness (QED) is 0.553. The molecule has 2 atom stereocenters. The van der Waals surface area contributed by atoms with Gasteiger partial charge in [-0.05, 0) is 46.5 Å². The number of carbonyl (C=O) groups excluding carboxylic acids is 1. The van der Waals surface area contributed by atoms with Gasteiger partial charge >= 0.3 is 6.18 Å². The second-order valence-corrected chi connectivity index (χ2v) is 12.3. The molecule has 2 aromatic rings. The number of alkyl halides is 3. The van der Waals surface area contributed by atoms with Crippen molar-refractivity contribution in [1.29, 1.82) is 0 Å². The van der Waals surface area contributed by atoms with E-state index in [0.29, 0.717) is 12.0 Å². The van der Waals surface area contributed by atoms with Gasteiger partial charge in [-0.1, -0.05) is 0 Å². The number of hydrogen-bond acceptors (Lipinski definition) is 6. The Kier molecular flexibility index (Phi) is 7.30. The van der Waals surface area contributed by atoms with Crippen LogP contribution >= 0.6 is 0 Å². The summed E-state index contributed by atoms with van der Waals surface area (Å²) in [5, 5.41) is 7.15. The highest BCUT2D eigenvalue weighted by Crippen LogP contribution is 2.40. The number of nitrogens with one attached hydrogen (secondary N) is 1. The molecule has 4 rings (SSSR count). The average molecular weight is 547 g/mol. The molecule has 13 heteroatoms. The highest BCUT2D eigenvalue weighted by atomic mass is 32.2. The van der Waals surface area contributed by atoms with Crippen LogP contribution in [0.5, 0.6) is 5.88 Å². The normalized spacial score (nSPS) is 21.6. The molecule has 1 aliphatic carbocycles. The number of halogens is 4. The fourth-order valence-electron chi connectivity index (χ4n) is 4.88. The van der Waals surface area contributed by atoms with Crippen LogP contribution in [0.4, 0.5) is 17.6 Å². The molecule has 0 spiro atoms. The van der Waals surface area contributed by atoms with Crippen LogP contribution in [-0.2, 0) is 27.5 Å². The van der Waals surface area contributed by atoms with Crippen molar-refractivity contribution in [3.8, 4) is 17.1 Å². The van der Waals surface area contributed by atoms with E-state index in [4.69, 9.17) is 4.74 Å². The van der Waals surface area contributed by atoms with Gasteiger partial charge < -0.3 is 10.1 Å². The largest absolute Gasteiger partial charge is 0.478 e. The van der Waals surface area contributed by atoms with Gasteiger partial charge in [-0.25, -0.2) is 17.8 Å². The smallest absolute Gasteiger partial charge is 0.410 e. The number of fused-ring (bicyclic) bond motifs is 1. The molecule has 1 fully saturated rings. The topological polar surface area (TPSA) is 103 Å². The molecule has 1 N–H and O–H groups in total. The van der Waals surface area contributed by atoms with E-state index in [1.54, 1.807) is 13.8 Å². The van der Waals surface area contributed by atoms with Crippen LogP contribution in [0.25, 0.3) is 11.3 Å². The van der Waals surface area contributed by atoms with E-state index < -0.39 is 39.3 Å². The molecule has 0 saturated carbocycles. The van der Waals surface area contributed by atoms with Crippen LogP contribution in [0.3, 0.4) is 0 Å². The van der Waals surface area contributed by atoms with Crippen molar-refractivity contribution in [1.82, 2.24) is 20.1 Å². The van der Waals surface area contributed by atoms with Gasteiger partial charge in [0.2, 0.25) is 11.8 Å². The van der Waals surface area contributed by atoms with Gasteiger partial charge in [0, 0.05) is 40.8 Å². The average Bonchev–Trinajstić information content (AvgIpc) is 3.20. The van der Waals surface area contributed by atoms with Crippen molar-refractivity contribution in [2.24, 2.45) is 5.92 Å². The maximum atomic E-state index is 14.8. The molecule has 1 amide bonds. The van der Waals surface area contributed by atoms with Crippen molar-refractivity contribution in [2.45, 2.75) is 70.6 Å². The Hall–Kier alpha value is -2.70. The van der Waals surface area contributed by atoms with Crippen LogP contribution in [0.1, 0.15) is 57.3 Å². The number of pyridine rings is 1. The molecule has 1 aliphatic heterocycles. The summed E-state index contributed by atoms with van der Waals surface area (Å²) >= 11 is 0. The minimum Gasteiger partial charge on any atom is -0.478 e. The predicted molar refractivity (Wildman–Crippen MR) is 127 cm³/mol. The monoisotopic (exact) mass is 546 g/mol. The number of sulfone groups is 1. The Labute approximate surface area is 212 Å². The first-order chi connectivity index (χ1) is 17.2. The lowest BCUT2D eigenvalue weighted by Crippen LogP contribution is -2.53. The first kappa shape index (κ1) is 27.3. The lowest BCUT2D eigenvalue weighted by molar-refractivity contribution is -0.165. The van der Waals surface area contributed by atoms with Crippen molar-refractivity contribution < 1.29 is 35.5 Å². The zero-order chi connectivity index (χ0) is 27.2. The van der Waals surface area contributed by atoms with Crippen molar-refractivity contribution in [2.75, 3.05) is 18.1 Å². The number of amides is 1. The van der Waals surface area contributed by atoms with Crippen LogP contribution in [0.2, 0.25) is 0 Å². The summed E-state index contributed by atoms with van der Waals surface area (Å²) in [5.41, 5.74) is 0.0553. The van der Waals surface area contributed by atoms with Gasteiger partial charge in [0.25, 0.3) is 0 Å². The van der Waals surface area contributed by atoms with E-state index in [0.717, 1.165) is 17.8 Å². The maximum absolute atomic E-state index is 14.8. The third kappa shape index (κ3) is 5.75. The Morgan fingerprint density at radius 1 is 1.32 bits per heavy atom. The fourth-order valence-corrected chi connectivity index (χ4v) is 6.60. The number of ether oxygens (including phenoxy) is 1. The van der Waals surface area contributed by atoms with E-state index in [-0.39, 0.29) is 72.5 Å². The van der Waals surface area contributed by atoms with Gasteiger partial charge in [0.05, 0.1) is 30.0 Å². The van der Waals surface area contributed by atoms with E-state index in [1.807, 2.05) is 0 Å². The molecule has 8 nitrogen and oxygen atoms in total. The minimum absolute atomic E-state index is 0.00597. The fraction of sp³-hybridized carbons (Fsp3) is 0.625. The third-order valence-electron chi connectivity index (χ3n) is 7.24. The molecule has 0 radical (unpaired) electrons. The Morgan fingerprint density at radius 2 is 2.00 bits per heavy atom. The Balaban J connectivity index is 1.67. The number of aromatic nitrogens is 3. The summed E-state index contributed by atoms with van der Waals surface area (Å²) in [4.78, 5) is 17.0. The lowest BCUT2D eigenvalue weighted by atomic mass is 9.84. The summed E-state index contributed by atoms with van der Waals surface area (Å²) < 4.78 is 85.8. The second-order valence-electron chi connectivity index (χ2n) is 10.0. The first-order valence-electron chi connectivity index (χ1n) is 12.2. The number of carbonyl (C=O) groups is 1. The van der Waals surface area contributed by atoms with E-state index in [9.17, 15) is 30.8 Å². The Bertz CT molecular complexity index is 1280. The van der Waals surface area contributed by atoms with Crippen molar-refractivity contribution in [3.05, 3.63) is 29.3 Å². The lowest BCUT2D eigenvalue weighted by Gasteiger charge is -2.36. The standard InChI is InChI=1S/C24H30F4N4O4S/c1-4-36-20-12-17(18(25)13-29-20)21-16-6-5-15(11-19(16)32(31-21)14(2)24(26,27)28)22(33)30-23(3)7-9-37(34,35)10-8-23/h12-15H,4-11H2,1-3H3,(H,30,33)/t14?,15-/m1/s1. The van der Waals surface area contributed by atoms with Gasteiger partial charge in [-0.2, -0.15) is 18.3 Å². The summed E-state index contributed by atoms with van der Waals surface area (Å²) in [7, 11) is -3.13. The third-order valence-corrected chi connectivity index (χ3v) is 8.90. The van der Waals surface area contributed by atoms with E-state index in [2.05, 4.69) is 15.4 Å². The number of rotatable bonds is 6. The second kappa shape index (κ2) is 9.88. The Morgan fingerprint density at radius 3 is 2.62 bits per heavy atom. The summed E-state index contributed by atoms with van der Waals surface area (Å²) in [6.07, 6.45) is -2.56. The van der Waals surface area contributed by atoms with Crippen LogP contribution in [0, 0.1) is 11.7 Å². The number of nitrogens with zero attached hydrogens (tertiary/aromatic N) is 3. The highest BCUT2D eigenvalue weighted by molar-refractivity contribution is 7.91. The molecule has 0 aromatic carbocycles. The van der Waals surface area contributed by atoms with E-state index in [1.165, 1.54) is 6.07 Å². The number of hydrogen-bond donors (Lipinski definition) is 1. The van der Waals surface area contributed by atoms with E-state index >= 15 is 0 Å². The molecule has 1 unspecified atom stereocenters. The highest BCUT2D eigenvalue weighted by Gasteiger charge is 2.43. The molecule has 0 bridgehead atoms. The van der Waals surface area contributed by atoms with Gasteiger partial charge in [0.15, 0.2) is 5.82 Å². The van der Waals surface area contributed by atoms with Crippen molar-refractivity contribution >= 4 is 15.7 Å². The predicted octanol–water partition coefficient (Wildman–Crippen LogP) is 3.79. The zero-order valence-corrected chi connectivity index (χ0v) is 21.7. The molecular formula is C24H30F4N4O4S. The SMILES string of the molecule is CCOc1cc(-c2nn(C(C)C(F)(F)F)c3c2CC[C@@H](C(=O)NC2(C)CCS(=O)(=O)CC2)C3)c(F)cn1. The summed E-state index contributed by atoms with van der Waals surface area (Å²) in [6, 6.07) is -0.671. The van der Waals surface area contributed by atoms with Crippen LogP contribution in [0.15, 0.2) is 12.3 Å². The molecule has 1 saturated heterocycles. The van der Waals surface area contributed by atoms with Gasteiger partial charge in [-0.15, -0.1) is 0 Å². The molecule has 3 heterocycles. The molecule has 2 aromatic heterocycles. The molecule has 204 valence electrons. The van der Waals surface area contributed by atoms with Crippen molar-refractivity contribution in [3.63, 3.8) is 0 Å². The zero-order valence-electron chi connectivity index (χ0n) is 20.9. The van der Waals surface area contributed by atoms with Crippen LogP contribution < -0.4 is 10.1 Å². The summed E-state index contributed by atoms with van der Waals surface area (Å²) in [5.74, 6) is -1.64. The molecule has 2 aliphatic rings. The van der Waals surface area contributed by atoms with Gasteiger partial charge in [-0.3, -0.25) is 9.48 Å². The van der Waals surface area contributed by atoms with Crippen LogP contribution in [-0.4, -0.2) is 58.9 Å². The van der Waals surface area contributed by atoms with Gasteiger partial charge in [0.1, 0.15) is 15.9 Å². The summed E-state index contributed by atoms with van der Waals surface area (Å²) in [6.45, 7) is 4.75. The minimum atomic E-state index is -4.61.